The summed E-state index contributed by atoms with van der Waals surface area (Å²) in [4.78, 5) is 0. The van der Waals surface area contributed by atoms with E-state index in [-0.39, 0.29) is 6.61 Å². The van der Waals surface area contributed by atoms with Gasteiger partial charge in [0.1, 0.15) is 11.5 Å². The Kier molecular flexibility index (Phi) is 3.94. The van der Waals surface area contributed by atoms with E-state index < -0.39 is 6.04 Å². The lowest BCUT2D eigenvalue weighted by Gasteiger charge is -2.16. The standard InChI is InChI=1S/C11H17NO3/c1-7-4-8(9(12)6-13)11(15-3)5-10(7)14-2/h4-5,9,13H,6,12H2,1-3H3. The largest absolute Gasteiger partial charge is 0.496 e. The van der Waals surface area contributed by atoms with Crippen molar-refractivity contribution in [3.8, 4) is 11.5 Å². The zero-order chi connectivity index (χ0) is 11.4. The van der Waals surface area contributed by atoms with Crippen molar-refractivity contribution in [1.82, 2.24) is 0 Å². The maximum absolute atomic E-state index is 9.01. The number of hydrogen-bond acceptors (Lipinski definition) is 4. The fourth-order valence-corrected chi connectivity index (χ4v) is 1.48. The van der Waals surface area contributed by atoms with Crippen LogP contribution in [0.2, 0.25) is 0 Å². The molecule has 0 saturated carbocycles. The number of nitrogens with two attached hydrogens (primary N) is 1. The molecule has 1 rings (SSSR count). The normalized spacial score (nSPS) is 12.3. The van der Waals surface area contributed by atoms with E-state index in [4.69, 9.17) is 20.3 Å². The molecule has 1 unspecified atom stereocenters. The van der Waals surface area contributed by atoms with Gasteiger partial charge in [-0.05, 0) is 18.6 Å². The van der Waals surface area contributed by atoms with Gasteiger partial charge in [0, 0.05) is 11.6 Å². The van der Waals surface area contributed by atoms with Gasteiger partial charge in [-0.3, -0.25) is 0 Å². The monoisotopic (exact) mass is 211 g/mol. The molecule has 0 bridgehead atoms. The van der Waals surface area contributed by atoms with E-state index in [2.05, 4.69) is 0 Å². The lowest BCUT2D eigenvalue weighted by Crippen LogP contribution is -2.15. The van der Waals surface area contributed by atoms with Gasteiger partial charge >= 0.3 is 0 Å². The molecule has 0 fully saturated rings. The Bertz CT molecular complexity index is 339. The van der Waals surface area contributed by atoms with Gasteiger partial charge in [0.05, 0.1) is 26.9 Å². The second-order valence-corrected chi connectivity index (χ2v) is 3.35. The van der Waals surface area contributed by atoms with Crippen LogP contribution in [0.4, 0.5) is 0 Å². The number of benzene rings is 1. The highest BCUT2D eigenvalue weighted by Gasteiger charge is 2.13. The first-order valence-electron chi connectivity index (χ1n) is 4.73. The van der Waals surface area contributed by atoms with Crippen molar-refractivity contribution >= 4 is 0 Å². The molecule has 0 saturated heterocycles. The summed E-state index contributed by atoms with van der Waals surface area (Å²) in [7, 11) is 3.17. The number of aliphatic hydroxyl groups excluding tert-OH is 1. The Balaban J connectivity index is 3.21. The van der Waals surface area contributed by atoms with Gasteiger partial charge in [-0.25, -0.2) is 0 Å². The van der Waals surface area contributed by atoms with Gasteiger partial charge in [0.25, 0.3) is 0 Å². The Hall–Kier alpha value is -1.26. The summed E-state index contributed by atoms with van der Waals surface area (Å²) in [6.45, 7) is 1.81. The van der Waals surface area contributed by atoms with Gasteiger partial charge in [-0.1, -0.05) is 0 Å². The van der Waals surface area contributed by atoms with E-state index in [1.165, 1.54) is 0 Å². The topological polar surface area (TPSA) is 64.7 Å². The molecular weight excluding hydrogens is 194 g/mol. The first-order valence-corrected chi connectivity index (χ1v) is 4.73. The third-order valence-electron chi connectivity index (χ3n) is 2.34. The van der Waals surface area contributed by atoms with E-state index in [1.807, 2.05) is 13.0 Å². The van der Waals surface area contributed by atoms with Crippen LogP contribution < -0.4 is 15.2 Å². The molecule has 0 radical (unpaired) electrons. The molecule has 4 nitrogen and oxygen atoms in total. The number of ether oxygens (including phenoxy) is 2. The summed E-state index contributed by atoms with van der Waals surface area (Å²) >= 11 is 0. The molecule has 15 heavy (non-hydrogen) atoms. The molecule has 0 aliphatic heterocycles. The number of rotatable bonds is 4. The van der Waals surface area contributed by atoms with Crippen molar-refractivity contribution in [2.24, 2.45) is 5.73 Å². The van der Waals surface area contributed by atoms with Crippen molar-refractivity contribution in [1.29, 1.82) is 0 Å². The summed E-state index contributed by atoms with van der Waals surface area (Å²) in [5, 5.41) is 9.01. The van der Waals surface area contributed by atoms with Gasteiger partial charge in [-0.15, -0.1) is 0 Å². The van der Waals surface area contributed by atoms with Gasteiger partial charge < -0.3 is 20.3 Å². The summed E-state index contributed by atoms with van der Waals surface area (Å²) in [5.41, 5.74) is 7.52. The van der Waals surface area contributed by atoms with E-state index in [0.717, 1.165) is 16.9 Å². The summed E-state index contributed by atoms with van der Waals surface area (Å²) in [6.07, 6.45) is 0. The molecule has 1 atom stereocenters. The lowest BCUT2D eigenvalue weighted by atomic mass is 10.0. The molecule has 0 aromatic heterocycles. The predicted octanol–water partition coefficient (Wildman–Crippen LogP) is 1.00. The second kappa shape index (κ2) is 5.00. The summed E-state index contributed by atoms with van der Waals surface area (Å²) < 4.78 is 10.4. The maximum atomic E-state index is 9.01. The lowest BCUT2D eigenvalue weighted by molar-refractivity contribution is 0.264. The minimum atomic E-state index is -0.426. The molecule has 0 amide bonds. The molecular formula is C11H17NO3. The smallest absolute Gasteiger partial charge is 0.127 e. The van der Waals surface area contributed by atoms with Crippen molar-refractivity contribution in [2.45, 2.75) is 13.0 Å². The quantitative estimate of drug-likeness (QED) is 0.780. The molecule has 1 aromatic carbocycles. The Labute approximate surface area is 89.6 Å². The number of hydrogen-bond donors (Lipinski definition) is 2. The van der Waals surface area contributed by atoms with Crippen molar-refractivity contribution in [3.05, 3.63) is 23.3 Å². The third kappa shape index (κ3) is 2.40. The van der Waals surface area contributed by atoms with E-state index in [0.29, 0.717) is 5.75 Å². The summed E-state index contributed by atoms with van der Waals surface area (Å²) in [6, 6.07) is 3.23. The van der Waals surface area contributed by atoms with Gasteiger partial charge in [0.15, 0.2) is 0 Å². The van der Waals surface area contributed by atoms with Crippen LogP contribution in [0.5, 0.6) is 11.5 Å². The predicted molar refractivity (Wildman–Crippen MR) is 58.3 cm³/mol. The Morgan fingerprint density at radius 1 is 1.27 bits per heavy atom. The first kappa shape index (κ1) is 11.8. The van der Waals surface area contributed by atoms with Crippen LogP contribution in [0.3, 0.4) is 0 Å². The average molecular weight is 211 g/mol. The van der Waals surface area contributed by atoms with Crippen LogP contribution in [-0.2, 0) is 0 Å². The number of aryl methyl sites for hydroxylation is 1. The highest BCUT2D eigenvalue weighted by molar-refractivity contribution is 5.47. The molecule has 0 spiro atoms. The van der Waals surface area contributed by atoms with E-state index in [1.54, 1.807) is 20.3 Å². The highest BCUT2D eigenvalue weighted by atomic mass is 16.5. The molecule has 4 heteroatoms. The van der Waals surface area contributed by atoms with E-state index in [9.17, 15) is 0 Å². The van der Waals surface area contributed by atoms with Gasteiger partial charge in [-0.2, -0.15) is 0 Å². The van der Waals surface area contributed by atoms with E-state index >= 15 is 0 Å². The average Bonchev–Trinajstić information content (AvgIpc) is 2.27. The van der Waals surface area contributed by atoms with Crippen LogP contribution in [0.15, 0.2) is 12.1 Å². The van der Waals surface area contributed by atoms with Crippen molar-refractivity contribution < 1.29 is 14.6 Å². The molecule has 84 valence electrons. The van der Waals surface area contributed by atoms with Crippen LogP contribution >= 0.6 is 0 Å². The third-order valence-corrected chi connectivity index (χ3v) is 2.34. The van der Waals surface area contributed by atoms with Gasteiger partial charge in [0.2, 0.25) is 0 Å². The maximum Gasteiger partial charge on any atom is 0.127 e. The molecule has 0 heterocycles. The van der Waals surface area contributed by atoms with Crippen molar-refractivity contribution in [3.63, 3.8) is 0 Å². The van der Waals surface area contributed by atoms with Crippen molar-refractivity contribution in [2.75, 3.05) is 20.8 Å². The fraction of sp³-hybridized carbons (Fsp3) is 0.455. The molecule has 0 aliphatic carbocycles. The van der Waals surface area contributed by atoms with Crippen LogP contribution in [0.25, 0.3) is 0 Å². The van der Waals surface area contributed by atoms with Crippen LogP contribution in [0, 0.1) is 6.92 Å². The molecule has 1 aromatic rings. The summed E-state index contributed by atoms with van der Waals surface area (Å²) in [5.74, 6) is 1.39. The highest BCUT2D eigenvalue weighted by Crippen LogP contribution is 2.31. The Morgan fingerprint density at radius 3 is 2.33 bits per heavy atom. The number of methoxy groups -OCH3 is 2. The first-order chi connectivity index (χ1) is 7.13. The fourth-order valence-electron chi connectivity index (χ4n) is 1.48. The molecule has 0 aliphatic rings. The SMILES string of the molecule is COc1cc(OC)c(C(N)CO)cc1C. The molecule has 3 N–H and O–H groups in total. The second-order valence-electron chi connectivity index (χ2n) is 3.35. The minimum absolute atomic E-state index is 0.109. The zero-order valence-corrected chi connectivity index (χ0v) is 9.28. The zero-order valence-electron chi connectivity index (χ0n) is 9.28. The Morgan fingerprint density at radius 2 is 1.87 bits per heavy atom. The van der Waals surface area contributed by atoms with Crippen LogP contribution in [0.1, 0.15) is 17.2 Å². The number of aliphatic hydroxyl groups is 1. The van der Waals surface area contributed by atoms with Crippen LogP contribution in [-0.4, -0.2) is 25.9 Å². The minimum Gasteiger partial charge on any atom is -0.496 e.